The van der Waals surface area contributed by atoms with Gasteiger partial charge in [-0.3, -0.25) is 4.90 Å². The molecule has 144 valence electrons. The number of benzene rings is 3. The quantitative estimate of drug-likeness (QED) is 0.607. The molecule has 1 aliphatic rings. The van der Waals surface area contributed by atoms with Crippen LogP contribution < -0.4 is 9.64 Å². The number of amidine groups is 1. The Balaban J connectivity index is 1.82. The fourth-order valence-corrected chi connectivity index (χ4v) is 3.42. The van der Waals surface area contributed by atoms with Crippen LogP contribution in [0.2, 0.25) is 0 Å². The number of phenolic OH excluding ortho intramolecular Hbond substituents is 1. The van der Waals surface area contributed by atoms with Gasteiger partial charge in [-0.2, -0.15) is 0 Å². The van der Waals surface area contributed by atoms with Gasteiger partial charge in [0.2, 0.25) is 0 Å². The summed E-state index contributed by atoms with van der Waals surface area (Å²) in [6.45, 7) is 6.40. The molecule has 4 heteroatoms. The number of phenols is 1. The fourth-order valence-electron chi connectivity index (χ4n) is 3.42. The van der Waals surface area contributed by atoms with Crippen molar-refractivity contribution in [1.29, 1.82) is 0 Å². The molecule has 0 unspecified atom stereocenters. The number of nitrogens with zero attached hydrogens (tertiary/aromatic N) is 2. The first kappa shape index (κ1) is 18.6. The van der Waals surface area contributed by atoms with Gasteiger partial charge in [-0.1, -0.05) is 49.0 Å². The van der Waals surface area contributed by atoms with E-state index in [0.717, 1.165) is 34.0 Å². The lowest BCUT2D eigenvalue weighted by Crippen LogP contribution is -2.29. The molecule has 0 amide bonds. The molecule has 0 atom stereocenters. The molecule has 4 rings (SSSR count). The topological polar surface area (TPSA) is 45.1 Å². The van der Waals surface area contributed by atoms with Gasteiger partial charge in [0, 0.05) is 22.5 Å². The van der Waals surface area contributed by atoms with Crippen molar-refractivity contribution in [3.8, 4) is 11.5 Å². The molecule has 29 heavy (non-hydrogen) atoms. The lowest BCUT2D eigenvalue weighted by Gasteiger charge is -2.31. The Kier molecular flexibility index (Phi) is 4.92. The van der Waals surface area contributed by atoms with Gasteiger partial charge in [-0.05, 0) is 48.9 Å². The molecule has 0 saturated heterocycles. The first-order chi connectivity index (χ1) is 14.1. The highest BCUT2D eigenvalue weighted by Gasteiger charge is 2.23. The lowest BCUT2D eigenvalue weighted by atomic mass is 10.0. The summed E-state index contributed by atoms with van der Waals surface area (Å²) in [5, 5.41) is 10.4. The normalized spacial score (nSPS) is 13.4. The number of fused-ring (bicyclic) bond motifs is 1. The Morgan fingerprint density at radius 1 is 1.00 bits per heavy atom. The SMILES string of the molecule is C=C1c2ccccc2N=C(/C=C/c2cccc(OC)c2O)N1c1cccc(C)c1. The van der Waals surface area contributed by atoms with E-state index in [0.29, 0.717) is 11.3 Å². The van der Waals surface area contributed by atoms with E-state index in [2.05, 4.69) is 25.6 Å². The summed E-state index contributed by atoms with van der Waals surface area (Å²) in [7, 11) is 1.54. The van der Waals surface area contributed by atoms with Crippen LogP contribution in [0.15, 0.2) is 84.4 Å². The number of rotatable bonds is 4. The molecule has 1 aliphatic heterocycles. The lowest BCUT2D eigenvalue weighted by molar-refractivity contribution is 0.373. The minimum atomic E-state index is 0.101. The van der Waals surface area contributed by atoms with Crippen LogP contribution in [-0.4, -0.2) is 18.1 Å². The number of methoxy groups -OCH3 is 1. The molecule has 0 aliphatic carbocycles. The molecule has 1 heterocycles. The van der Waals surface area contributed by atoms with Crippen molar-refractivity contribution in [2.75, 3.05) is 12.0 Å². The highest BCUT2D eigenvalue weighted by atomic mass is 16.5. The molecule has 4 nitrogen and oxygen atoms in total. The predicted molar refractivity (Wildman–Crippen MR) is 120 cm³/mol. The first-order valence-electron chi connectivity index (χ1n) is 9.36. The summed E-state index contributed by atoms with van der Waals surface area (Å²) >= 11 is 0. The van der Waals surface area contributed by atoms with Crippen LogP contribution in [0.4, 0.5) is 11.4 Å². The predicted octanol–water partition coefficient (Wildman–Crippen LogP) is 5.94. The average molecular weight is 382 g/mol. The van der Waals surface area contributed by atoms with Crippen molar-refractivity contribution >= 4 is 29.0 Å². The van der Waals surface area contributed by atoms with Gasteiger partial charge in [0.1, 0.15) is 5.84 Å². The number of para-hydroxylation sites is 2. The van der Waals surface area contributed by atoms with Gasteiger partial charge in [-0.15, -0.1) is 0 Å². The summed E-state index contributed by atoms with van der Waals surface area (Å²) in [5.74, 6) is 1.26. The van der Waals surface area contributed by atoms with Gasteiger partial charge in [0.05, 0.1) is 12.8 Å². The Bertz CT molecular complexity index is 1150. The van der Waals surface area contributed by atoms with Crippen molar-refractivity contribution in [2.24, 2.45) is 4.99 Å². The number of aryl methyl sites for hydroxylation is 1. The highest BCUT2D eigenvalue weighted by Crippen LogP contribution is 2.37. The van der Waals surface area contributed by atoms with Crippen molar-refractivity contribution in [2.45, 2.75) is 6.92 Å². The summed E-state index contributed by atoms with van der Waals surface area (Å²) in [4.78, 5) is 6.88. The number of ether oxygens (including phenoxy) is 1. The maximum Gasteiger partial charge on any atom is 0.165 e. The van der Waals surface area contributed by atoms with Crippen molar-refractivity contribution in [1.82, 2.24) is 0 Å². The second kappa shape index (κ2) is 7.68. The molecule has 0 aromatic heterocycles. The number of aliphatic imine (C=N–C) groups is 1. The summed E-state index contributed by atoms with van der Waals surface area (Å²) in [5.41, 5.74) is 5.52. The second-order valence-electron chi connectivity index (χ2n) is 6.84. The minimum Gasteiger partial charge on any atom is -0.504 e. The van der Waals surface area contributed by atoms with Crippen molar-refractivity contribution in [3.63, 3.8) is 0 Å². The first-order valence-corrected chi connectivity index (χ1v) is 9.36. The van der Waals surface area contributed by atoms with Gasteiger partial charge >= 0.3 is 0 Å². The van der Waals surface area contributed by atoms with E-state index < -0.39 is 0 Å². The molecule has 3 aromatic rings. The maximum absolute atomic E-state index is 10.4. The summed E-state index contributed by atoms with van der Waals surface area (Å²) in [6.07, 6.45) is 3.72. The Hall–Kier alpha value is -3.79. The van der Waals surface area contributed by atoms with Gasteiger partial charge in [0.25, 0.3) is 0 Å². The van der Waals surface area contributed by atoms with Crippen molar-refractivity contribution < 1.29 is 9.84 Å². The number of hydrogen-bond donors (Lipinski definition) is 1. The monoisotopic (exact) mass is 382 g/mol. The van der Waals surface area contributed by atoms with Gasteiger partial charge in [-0.25, -0.2) is 4.99 Å². The number of hydrogen-bond acceptors (Lipinski definition) is 4. The Labute approximate surface area is 170 Å². The highest BCUT2D eigenvalue weighted by molar-refractivity contribution is 6.19. The largest absolute Gasteiger partial charge is 0.504 e. The van der Waals surface area contributed by atoms with Gasteiger partial charge in [0.15, 0.2) is 11.5 Å². The third-order valence-corrected chi connectivity index (χ3v) is 4.87. The third kappa shape index (κ3) is 3.52. The van der Waals surface area contributed by atoms with Crippen LogP contribution >= 0.6 is 0 Å². The van der Waals surface area contributed by atoms with Crippen LogP contribution in [0.3, 0.4) is 0 Å². The van der Waals surface area contributed by atoms with Crippen LogP contribution in [0.1, 0.15) is 16.7 Å². The van der Waals surface area contributed by atoms with E-state index in [1.165, 1.54) is 7.11 Å². The van der Waals surface area contributed by atoms with E-state index in [4.69, 9.17) is 9.73 Å². The van der Waals surface area contributed by atoms with Crippen LogP contribution in [-0.2, 0) is 0 Å². The van der Waals surface area contributed by atoms with E-state index >= 15 is 0 Å². The van der Waals surface area contributed by atoms with E-state index in [1.807, 2.05) is 65.6 Å². The Morgan fingerprint density at radius 2 is 1.79 bits per heavy atom. The molecule has 0 saturated carbocycles. The molecule has 0 fully saturated rings. The van der Waals surface area contributed by atoms with E-state index in [1.54, 1.807) is 6.07 Å². The zero-order valence-corrected chi connectivity index (χ0v) is 16.5. The molecule has 0 bridgehead atoms. The third-order valence-electron chi connectivity index (χ3n) is 4.87. The second-order valence-corrected chi connectivity index (χ2v) is 6.84. The van der Waals surface area contributed by atoms with Crippen molar-refractivity contribution in [3.05, 3.63) is 96.1 Å². The zero-order valence-electron chi connectivity index (χ0n) is 16.5. The number of anilines is 1. The molecule has 0 radical (unpaired) electrons. The minimum absolute atomic E-state index is 0.101. The Morgan fingerprint density at radius 3 is 2.59 bits per heavy atom. The maximum atomic E-state index is 10.4. The fraction of sp³-hybridized carbons (Fsp3) is 0.0800. The molecular formula is C25H22N2O2. The van der Waals surface area contributed by atoms with Crippen LogP contribution in [0.5, 0.6) is 11.5 Å². The number of aromatic hydroxyl groups is 1. The summed E-state index contributed by atoms with van der Waals surface area (Å²) in [6, 6.07) is 21.6. The molecule has 1 N–H and O–H groups in total. The van der Waals surface area contributed by atoms with Crippen LogP contribution in [0, 0.1) is 6.92 Å². The zero-order chi connectivity index (χ0) is 20.4. The summed E-state index contributed by atoms with van der Waals surface area (Å²) < 4.78 is 5.21. The van der Waals surface area contributed by atoms with Gasteiger partial charge < -0.3 is 9.84 Å². The molecular weight excluding hydrogens is 360 g/mol. The average Bonchev–Trinajstić information content (AvgIpc) is 2.73. The van der Waals surface area contributed by atoms with Crippen LogP contribution in [0.25, 0.3) is 11.8 Å². The molecule has 0 spiro atoms. The van der Waals surface area contributed by atoms with E-state index in [9.17, 15) is 5.11 Å². The smallest absolute Gasteiger partial charge is 0.165 e. The van der Waals surface area contributed by atoms with E-state index in [-0.39, 0.29) is 5.75 Å². The standard InChI is InChI=1S/C25H22N2O2/c1-17-8-6-10-20(16-17)27-18(2)21-11-4-5-12-22(21)26-24(27)15-14-19-9-7-13-23(29-3)25(19)28/h4-16,28H,2H2,1,3H3/b15-14+. The molecule has 3 aromatic carbocycles.